The maximum Gasteiger partial charge on any atom is 0.146 e. The summed E-state index contributed by atoms with van der Waals surface area (Å²) in [5, 5.41) is 7.48. The molecule has 0 unspecified atom stereocenters. The molecule has 0 aromatic heterocycles. The molecule has 1 saturated carbocycles. The third-order valence-corrected chi connectivity index (χ3v) is 3.14. The fourth-order valence-corrected chi connectivity index (χ4v) is 2.17. The van der Waals surface area contributed by atoms with Crippen LogP contribution in [0.1, 0.15) is 37.2 Å². The van der Waals surface area contributed by atoms with E-state index in [0.717, 1.165) is 18.9 Å². The molecule has 2 rings (SSSR count). The molecular formula is C12H14F2N2. The van der Waals surface area contributed by atoms with E-state index < -0.39 is 11.6 Å². The van der Waals surface area contributed by atoms with Crippen LogP contribution in [0.5, 0.6) is 0 Å². The van der Waals surface area contributed by atoms with Crippen LogP contribution in [0, 0.1) is 17.0 Å². The van der Waals surface area contributed by atoms with E-state index in [1.807, 2.05) is 0 Å². The Bertz CT molecular complexity index is 419. The SMILES string of the molecule is N=C1CCC(c2cc(F)c(N)cc2F)CC1. The third-order valence-electron chi connectivity index (χ3n) is 3.14. The summed E-state index contributed by atoms with van der Waals surface area (Å²) < 4.78 is 26.9. The van der Waals surface area contributed by atoms with Crippen LogP contribution in [0.4, 0.5) is 14.5 Å². The first kappa shape index (κ1) is 11.0. The van der Waals surface area contributed by atoms with Crippen molar-refractivity contribution in [2.45, 2.75) is 31.6 Å². The molecule has 0 amide bonds. The van der Waals surface area contributed by atoms with Gasteiger partial charge < -0.3 is 11.1 Å². The highest BCUT2D eigenvalue weighted by molar-refractivity contribution is 5.82. The Labute approximate surface area is 93.0 Å². The second-order valence-electron chi connectivity index (χ2n) is 4.27. The van der Waals surface area contributed by atoms with Crippen LogP contribution in [-0.4, -0.2) is 5.71 Å². The lowest BCUT2D eigenvalue weighted by molar-refractivity contribution is 0.513. The van der Waals surface area contributed by atoms with Gasteiger partial charge in [-0.15, -0.1) is 0 Å². The number of anilines is 1. The predicted molar refractivity (Wildman–Crippen MR) is 59.7 cm³/mol. The number of hydrogen-bond acceptors (Lipinski definition) is 2. The molecule has 1 aliphatic rings. The van der Waals surface area contributed by atoms with Gasteiger partial charge in [-0.1, -0.05) is 0 Å². The van der Waals surface area contributed by atoms with Crippen molar-refractivity contribution in [3.63, 3.8) is 0 Å². The van der Waals surface area contributed by atoms with Gasteiger partial charge in [-0.2, -0.15) is 0 Å². The van der Waals surface area contributed by atoms with E-state index in [-0.39, 0.29) is 11.6 Å². The summed E-state index contributed by atoms with van der Waals surface area (Å²) in [6.07, 6.45) is 2.80. The molecule has 0 atom stereocenters. The molecule has 0 saturated heterocycles. The smallest absolute Gasteiger partial charge is 0.146 e. The Morgan fingerprint density at radius 2 is 1.75 bits per heavy atom. The summed E-state index contributed by atoms with van der Waals surface area (Å²) in [5.41, 5.74) is 6.25. The molecule has 0 aliphatic heterocycles. The van der Waals surface area contributed by atoms with Crippen LogP contribution in [0.25, 0.3) is 0 Å². The van der Waals surface area contributed by atoms with E-state index >= 15 is 0 Å². The number of halogens is 2. The van der Waals surface area contributed by atoms with Gasteiger partial charge in [-0.3, -0.25) is 0 Å². The highest BCUT2D eigenvalue weighted by Gasteiger charge is 2.22. The lowest BCUT2D eigenvalue weighted by atomic mass is 9.83. The molecule has 0 heterocycles. The Hall–Kier alpha value is -1.45. The minimum Gasteiger partial charge on any atom is -0.396 e. The Balaban J connectivity index is 2.26. The fourth-order valence-electron chi connectivity index (χ4n) is 2.17. The van der Waals surface area contributed by atoms with Crippen molar-refractivity contribution >= 4 is 11.4 Å². The van der Waals surface area contributed by atoms with Crippen molar-refractivity contribution in [2.24, 2.45) is 0 Å². The molecular weight excluding hydrogens is 210 g/mol. The monoisotopic (exact) mass is 224 g/mol. The van der Waals surface area contributed by atoms with Crippen molar-refractivity contribution in [3.8, 4) is 0 Å². The zero-order valence-electron chi connectivity index (χ0n) is 8.89. The number of rotatable bonds is 1. The molecule has 0 radical (unpaired) electrons. The fraction of sp³-hybridized carbons (Fsp3) is 0.417. The average Bonchev–Trinajstić information content (AvgIpc) is 2.25. The largest absolute Gasteiger partial charge is 0.396 e. The quantitative estimate of drug-likeness (QED) is 0.707. The van der Waals surface area contributed by atoms with Crippen LogP contribution in [0.15, 0.2) is 12.1 Å². The van der Waals surface area contributed by atoms with Crippen LogP contribution in [0.3, 0.4) is 0 Å². The average molecular weight is 224 g/mol. The van der Waals surface area contributed by atoms with Crippen molar-refractivity contribution in [3.05, 3.63) is 29.3 Å². The van der Waals surface area contributed by atoms with Crippen LogP contribution in [-0.2, 0) is 0 Å². The highest BCUT2D eigenvalue weighted by atomic mass is 19.1. The zero-order chi connectivity index (χ0) is 11.7. The van der Waals surface area contributed by atoms with Crippen molar-refractivity contribution in [2.75, 3.05) is 5.73 Å². The van der Waals surface area contributed by atoms with Gasteiger partial charge in [0.05, 0.1) is 5.69 Å². The Morgan fingerprint density at radius 1 is 1.12 bits per heavy atom. The van der Waals surface area contributed by atoms with Gasteiger partial charge in [0.2, 0.25) is 0 Å². The van der Waals surface area contributed by atoms with Crippen molar-refractivity contribution < 1.29 is 8.78 Å². The number of hydrogen-bond donors (Lipinski definition) is 2. The number of nitrogens with one attached hydrogen (secondary N) is 1. The molecule has 16 heavy (non-hydrogen) atoms. The van der Waals surface area contributed by atoms with E-state index in [4.69, 9.17) is 11.1 Å². The molecule has 4 heteroatoms. The summed E-state index contributed by atoms with van der Waals surface area (Å²) in [6.45, 7) is 0. The number of nitrogens with two attached hydrogens (primary N) is 1. The molecule has 1 aliphatic carbocycles. The lowest BCUT2D eigenvalue weighted by Crippen LogP contribution is -2.13. The summed E-state index contributed by atoms with van der Waals surface area (Å²) in [7, 11) is 0. The first-order valence-electron chi connectivity index (χ1n) is 5.38. The molecule has 1 aromatic carbocycles. The normalized spacial score (nSPS) is 21.1. The van der Waals surface area contributed by atoms with Gasteiger partial charge in [0.15, 0.2) is 0 Å². The van der Waals surface area contributed by atoms with Gasteiger partial charge in [-0.25, -0.2) is 8.78 Å². The maximum absolute atomic E-state index is 13.6. The summed E-state index contributed by atoms with van der Waals surface area (Å²) in [4.78, 5) is 0. The minimum absolute atomic E-state index is 0.0178. The van der Waals surface area contributed by atoms with Gasteiger partial charge >= 0.3 is 0 Å². The molecule has 0 bridgehead atoms. The topological polar surface area (TPSA) is 49.9 Å². The van der Waals surface area contributed by atoms with Crippen LogP contribution in [0.2, 0.25) is 0 Å². The first-order chi connectivity index (χ1) is 7.58. The van der Waals surface area contributed by atoms with Gasteiger partial charge in [0, 0.05) is 11.8 Å². The van der Waals surface area contributed by atoms with Gasteiger partial charge in [0.1, 0.15) is 11.6 Å². The van der Waals surface area contributed by atoms with E-state index in [2.05, 4.69) is 0 Å². The molecule has 1 fully saturated rings. The van der Waals surface area contributed by atoms with Crippen molar-refractivity contribution in [1.82, 2.24) is 0 Å². The van der Waals surface area contributed by atoms with E-state index in [1.54, 1.807) is 0 Å². The molecule has 86 valence electrons. The second-order valence-corrected chi connectivity index (χ2v) is 4.27. The predicted octanol–water partition coefficient (Wildman–Crippen LogP) is 3.22. The van der Waals surface area contributed by atoms with Crippen LogP contribution < -0.4 is 5.73 Å². The standard InChI is InChI=1S/C12H14F2N2/c13-10-6-12(16)11(14)5-9(10)7-1-3-8(15)4-2-7/h5-7,15H,1-4,16H2. The summed E-state index contributed by atoms with van der Waals surface area (Å²) in [6, 6.07) is 2.24. The lowest BCUT2D eigenvalue weighted by Gasteiger charge is -2.23. The Morgan fingerprint density at radius 3 is 2.38 bits per heavy atom. The first-order valence-corrected chi connectivity index (χ1v) is 5.38. The number of nitrogen functional groups attached to an aromatic ring is 1. The molecule has 3 N–H and O–H groups in total. The van der Waals surface area contributed by atoms with Gasteiger partial charge in [-0.05, 0) is 43.2 Å². The van der Waals surface area contributed by atoms with E-state index in [9.17, 15) is 8.78 Å². The molecule has 2 nitrogen and oxygen atoms in total. The third kappa shape index (κ3) is 2.05. The number of benzene rings is 1. The summed E-state index contributed by atoms with van der Waals surface area (Å²) in [5.74, 6) is -0.974. The highest BCUT2D eigenvalue weighted by Crippen LogP contribution is 2.34. The summed E-state index contributed by atoms with van der Waals surface area (Å²) >= 11 is 0. The van der Waals surface area contributed by atoms with Crippen LogP contribution >= 0.6 is 0 Å². The van der Waals surface area contributed by atoms with Gasteiger partial charge in [0.25, 0.3) is 0 Å². The molecule has 1 aromatic rings. The van der Waals surface area contributed by atoms with Crippen molar-refractivity contribution in [1.29, 1.82) is 5.41 Å². The van der Waals surface area contributed by atoms with E-state index in [0.29, 0.717) is 24.1 Å². The molecule has 0 spiro atoms. The second kappa shape index (κ2) is 4.20. The van der Waals surface area contributed by atoms with E-state index in [1.165, 1.54) is 6.07 Å². The maximum atomic E-state index is 13.6. The Kier molecular flexibility index (Phi) is 2.90. The minimum atomic E-state index is -0.558. The zero-order valence-corrected chi connectivity index (χ0v) is 8.89.